The molecule has 0 aliphatic heterocycles. The fraction of sp³-hybridized carbons (Fsp3) is 0.308. The summed E-state index contributed by atoms with van der Waals surface area (Å²) < 4.78 is 2.80. The molecular weight excluding hydrogens is 324 g/mol. The van der Waals surface area contributed by atoms with Crippen LogP contribution < -0.4 is 5.32 Å². The van der Waals surface area contributed by atoms with Gasteiger partial charge in [-0.25, -0.2) is 0 Å². The standard InChI is InChI=1S/C13H15BrN4O2/c1-8-13(14)9(2)17(16-8)7-10-6-11(18(19)20)4-5-12(10)15-3/h4-6,15H,7H2,1-3H3. The highest BCUT2D eigenvalue weighted by Gasteiger charge is 2.14. The number of aryl methyl sites for hydroxylation is 1. The van der Waals surface area contributed by atoms with Gasteiger partial charge < -0.3 is 5.32 Å². The second kappa shape index (κ2) is 5.62. The van der Waals surface area contributed by atoms with Crippen LogP contribution >= 0.6 is 15.9 Å². The molecule has 6 nitrogen and oxygen atoms in total. The van der Waals surface area contributed by atoms with Gasteiger partial charge in [-0.05, 0) is 35.8 Å². The number of non-ortho nitro benzene ring substituents is 1. The van der Waals surface area contributed by atoms with Crippen molar-refractivity contribution >= 4 is 27.3 Å². The maximum atomic E-state index is 10.9. The number of nitro benzene ring substituents is 1. The Hall–Kier alpha value is -1.89. The lowest BCUT2D eigenvalue weighted by atomic mass is 10.1. The molecule has 20 heavy (non-hydrogen) atoms. The lowest BCUT2D eigenvalue weighted by Gasteiger charge is -2.10. The molecule has 0 unspecified atom stereocenters. The van der Waals surface area contributed by atoms with Crippen LogP contribution in [0.2, 0.25) is 0 Å². The first-order chi connectivity index (χ1) is 9.43. The number of hydrogen-bond acceptors (Lipinski definition) is 4. The first-order valence-electron chi connectivity index (χ1n) is 6.08. The minimum absolute atomic E-state index is 0.0830. The molecule has 1 N–H and O–H groups in total. The van der Waals surface area contributed by atoms with Gasteiger partial charge in [-0.3, -0.25) is 14.8 Å². The Morgan fingerprint density at radius 2 is 2.15 bits per heavy atom. The van der Waals surface area contributed by atoms with Gasteiger partial charge >= 0.3 is 0 Å². The molecule has 0 spiro atoms. The molecule has 0 aliphatic rings. The molecule has 0 saturated carbocycles. The van der Waals surface area contributed by atoms with E-state index in [9.17, 15) is 10.1 Å². The van der Waals surface area contributed by atoms with Gasteiger partial charge in [0.05, 0.1) is 27.3 Å². The van der Waals surface area contributed by atoms with Crippen LogP contribution in [0.15, 0.2) is 22.7 Å². The number of benzene rings is 1. The summed E-state index contributed by atoms with van der Waals surface area (Å²) in [7, 11) is 1.79. The summed E-state index contributed by atoms with van der Waals surface area (Å²) in [6, 6.07) is 4.79. The second-order valence-corrected chi connectivity index (χ2v) is 5.28. The van der Waals surface area contributed by atoms with E-state index in [1.54, 1.807) is 19.2 Å². The van der Waals surface area contributed by atoms with Crippen LogP contribution in [-0.2, 0) is 6.54 Å². The van der Waals surface area contributed by atoms with Gasteiger partial charge in [-0.1, -0.05) is 0 Å². The number of anilines is 1. The Balaban J connectivity index is 2.43. The lowest BCUT2D eigenvalue weighted by molar-refractivity contribution is -0.384. The van der Waals surface area contributed by atoms with Crippen molar-refractivity contribution in [3.8, 4) is 0 Å². The molecule has 2 aromatic rings. The van der Waals surface area contributed by atoms with Crippen LogP contribution in [0, 0.1) is 24.0 Å². The van der Waals surface area contributed by atoms with Crippen molar-refractivity contribution in [3.05, 3.63) is 49.7 Å². The molecule has 0 amide bonds. The van der Waals surface area contributed by atoms with E-state index >= 15 is 0 Å². The Bertz CT molecular complexity index is 667. The maximum Gasteiger partial charge on any atom is 0.269 e. The third kappa shape index (κ3) is 2.67. The maximum absolute atomic E-state index is 10.9. The monoisotopic (exact) mass is 338 g/mol. The molecule has 106 valence electrons. The Labute approximate surface area is 125 Å². The van der Waals surface area contributed by atoms with Crippen molar-refractivity contribution in [3.63, 3.8) is 0 Å². The minimum atomic E-state index is -0.389. The van der Waals surface area contributed by atoms with E-state index in [1.807, 2.05) is 18.5 Å². The SMILES string of the molecule is CNc1ccc([N+](=O)[O-])cc1Cn1nc(C)c(Br)c1C. The highest BCUT2D eigenvalue weighted by atomic mass is 79.9. The van der Waals surface area contributed by atoms with Gasteiger partial charge in [0.25, 0.3) is 5.69 Å². The Kier molecular flexibility index (Phi) is 4.08. The van der Waals surface area contributed by atoms with Crippen LogP contribution in [0.3, 0.4) is 0 Å². The summed E-state index contributed by atoms with van der Waals surface area (Å²) in [6.45, 7) is 4.36. The molecule has 0 bridgehead atoms. The molecule has 1 aromatic heterocycles. The molecular formula is C13H15BrN4O2. The number of nitrogens with one attached hydrogen (secondary N) is 1. The normalized spacial score (nSPS) is 10.6. The van der Waals surface area contributed by atoms with E-state index < -0.39 is 0 Å². The van der Waals surface area contributed by atoms with Crippen molar-refractivity contribution in [1.82, 2.24) is 9.78 Å². The van der Waals surface area contributed by atoms with Gasteiger partial charge in [0.1, 0.15) is 0 Å². The average molecular weight is 339 g/mol. The van der Waals surface area contributed by atoms with Crippen molar-refractivity contribution in [2.45, 2.75) is 20.4 Å². The fourth-order valence-electron chi connectivity index (χ4n) is 2.06. The number of nitro groups is 1. The number of halogens is 1. The third-order valence-electron chi connectivity index (χ3n) is 3.18. The lowest BCUT2D eigenvalue weighted by Crippen LogP contribution is -2.07. The molecule has 1 aromatic carbocycles. The predicted octanol–water partition coefficient (Wildman–Crippen LogP) is 3.26. The topological polar surface area (TPSA) is 73.0 Å². The summed E-state index contributed by atoms with van der Waals surface area (Å²) in [5.41, 5.74) is 3.67. The predicted molar refractivity (Wildman–Crippen MR) is 81.1 cm³/mol. The Morgan fingerprint density at radius 3 is 2.65 bits per heavy atom. The minimum Gasteiger partial charge on any atom is -0.388 e. The summed E-state index contributed by atoms with van der Waals surface area (Å²) in [5.74, 6) is 0. The summed E-state index contributed by atoms with van der Waals surface area (Å²) in [6.07, 6.45) is 0. The van der Waals surface area contributed by atoms with Gasteiger partial charge in [0.2, 0.25) is 0 Å². The van der Waals surface area contributed by atoms with E-state index in [4.69, 9.17) is 0 Å². The second-order valence-electron chi connectivity index (χ2n) is 4.49. The van der Waals surface area contributed by atoms with Crippen molar-refractivity contribution in [2.24, 2.45) is 0 Å². The molecule has 0 atom stereocenters. The van der Waals surface area contributed by atoms with Crippen LogP contribution in [0.4, 0.5) is 11.4 Å². The first kappa shape index (κ1) is 14.5. The number of nitrogens with zero attached hydrogens (tertiary/aromatic N) is 3. The van der Waals surface area contributed by atoms with E-state index in [1.165, 1.54) is 6.07 Å². The molecule has 0 radical (unpaired) electrons. The molecule has 1 heterocycles. The summed E-state index contributed by atoms with van der Waals surface area (Å²) in [4.78, 5) is 10.5. The largest absolute Gasteiger partial charge is 0.388 e. The molecule has 2 rings (SSSR count). The number of rotatable bonds is 4. The summed E-state index contributed by atoms with van der Waals surface area (Å²) in [5, 5.41) is 18.4. The van der Waals surface area contributed by atoms with Crippen molar-refractivity contribution in [1.29, 1.82) is 0 Å². The smallest absolute Gasteiger partial charge is 0.269 e. The fourth-order valence-corrected chi connectivity index (χ4v) is 2.34. The van der Waals surface area contributed by atoms with Crippen LogP contribution in [-0.4, -0.2) is 21.8 Å². The van der Waals surface area contributed by atoms with Crippen LogP contribution in [0.5, 0.6) is 0 Å². The van der Waals surface area contributed by atoms with E-state index in [-0.39, 0.29) is 10.6 Å². The zero-order chi connectivity index (χ0) is 14.9. The van der Waals surface area contributed by atoms with Gasteiger partial charge in [-0.2, -0.15) is 5.10 Å². The zero-order valence-electron chi connectivity index (χ0n) is 11.5. The van der Waals surface area contributed by atoms with Gasteiger partial charge in [0.15, 0.2) is 0 Å². The van der Waals surface area contributed by atoms with Crippen LogP contribution in [0.1, 0.15) is 17.0 Å². The van der Waals surface area contributed by atoms with Crippen molar-refractivity contribution < 1.29 is 4.92 Å². The average Bonchev–Trinajstić information content (AvgIpc) is 2.66. The molecule has 7 heteroatoms. The highest BCUT2D eigenvalue weighted by molar-refractivity contribution is 9.10. The zero-order valence-corrected chi connectivity index (χ0v) is 13.1. The van der Waals surface area contributed by atoms with E-state index in [0.29, 0.717) is 6.54 Å². The Morgan fingerprint density at radius 1 is 1.45 bits per heavy atom. The van der Waals surface area contributed by atoms with E-state index in [2.05, 4.69) is 26.3 Å². The quantitative estimate of drug-likeness (QED) is 0.685. The van der Waals surface area contributed by atoms with Crippen molar-refractivity contribution in [2.75, 3.05) is 12.4 Å². The molecule has 0 aliphatic carbocycles. The van der Waals surface area contributed by atoms with Crippen LogP contribution in [0.25, 0.3) is 0 Å². The molecule has 0 saturated heterocycles. The number of hydrogen-bond donors (Lipinski definition) is 1. The van der Waals surface area contributed by atoms with Gasteiger partial charge in [0, 0.05) is 30.4 Å². The summed E-state index contributed by atoms with van der Waals surface area (Å²) >= 11 is 3.48. The van der Waals surface area contributed by atoms with Gasteiger partial charge in [-0.15, -0.1) is 0 Å². The first-order valence-corrected chi connectivity index (χ1v) is 6.88. The third-order valence-corrected chi connectivity index (χ3v) is 4.33. The molecule has 0 fully saturated rings. The number of aromatic nitrogens is 2. The highest BCUT2D eigenvalue weighted by Crippen LogP contribution is 2.25. The van der Waals surface area contributed by atoms with E-state index in [0.717, 1.165) is 27.1 Å².